The maximum Gasteiger partial charge on any atom is 0.0593 e. The smallest absolute Gasteiger partial charge is 0.0593 e. The van der Waals surface area contributed by atoms with E-state index in [9.17, 15) is 0 Å². The maximum atomic E-state index is 5.93. The number of hydrogen-bond acceptors (Lipinski definition) is 3. The van der Waals surface area contributed by atoms with Crippen molar-refractivity contribution in [2.75, 3.05) is 11.5 Å². The van der Waals surface area contributed by atoms with Gasteiger partial charge in [-0.05, 0) is 24.5 Å². The van der Waals surface area contributed by atoms with Gasteiger partial charge in [0.05, 0.1) is 11.4 Å². The number of hydrogen-bond donors (Lipinski definition) is 3. The van der Waals surface area contributed by atoms with Crippen molar-refractivity contribution in [1.82, 2.24) is 5.32 Å². The van der Waals surface area contributed by atoms with Crippen molar-refractivity contribution in [2.24, 2.45) is 0 Å². The lowest BCUT2D eigenvalue weighted by atomic mass is 9.95. The van der Waals surface area contributed by atoms with Crippen molar-refractivity contribution in [1.29, 1.82) is 0 Å². The van der Waals surface area contributed by atoms with Crippen LogP contribution in [0.25, 0.3) is 0 Å². The highest BCUT2D eigenvalue weighted by Crippen LogP contribution is 2.21. The minimum atomic E-state index is 0.662. The van der Waals surface area contributed by atoms with Gasteiger partial charge in [-0.1, -0.05) is 31.4 Å². The monoisotopic (exact) mass is 219 g/mol. The minimum absolute atomic E-state index is 0.662. The Morgan fingerprint density at radius 2 is 1.88 bits per heavy atom. The third kappa shape index (κ3) is 2.67. The van der Waals surface area contributed by atoms with Crippen molar-refractivity contribution in [3.63, 3.8) is 0 Å². The molecule has 2 rings (SSSR count). The van der Waals surface area contributed by atoms with Crippen LogP contribution in [-0.4, -0.2) is 6.04 Å². The molecule has 0 heterocycles. The summed E-state index contributed by atoms with van der Waals surface area (Å²) < 4.78 is 0. The molecule has 1 aromatic carbocycles. The van der Waals surface area contributed by atoms with E-state index in [-0.39, 0.29) is 0 Å². The third-order valence-corrected chi connectivity index (χ3v) is 3.42. The van der Waals surface area contributed by atoms with E-state index < -0.39 is 0 Å². The first kappa shape index (κ1) is 11.3. The molecule has 1 fully saturated rings. The molecule has 5 N–H and O–H groups in total. The van der Waals surface area contributed by atoms with Gasteiger partial charge in [0.2, 0.25) is 0 Å². The number of nitrogen functional groups attached to an aromatic ring is 2. The van der Waals surface area contributed by atoms with Gasteiger partial charge in [-0.2, -0.15) is 0 Å². The van der Waals surface area contributed by atoms with E-state index in [1.165, 1.54) is 32.1 Å². The molecule has 0 bridgehead atoms. The lowest BCUT2D eigenvalue weighted by Crippen LogP contribution is -2.30. The molecule has 1 saturated carbocycles. The molecule has 3 nitrogen and oxygen atoms in total. The summed E-state index contributed by atoms with van der Waals surface area (Å²) in [5.74, 6) is 0. The Morgan fingerprint density at radius 1 is 1.12 bits per heavy atom. The van der Waals surface area contributed by atoms with Crippen LogP contribution in [0.5, 0.6) is 0 Å². The molecule has 3 heteroatoms. The van der Waals surface area contributed by atoms with Crippen LogP contribution < -0.4 is 16.8 Å². The SMILES string of the molecule is Nc1cccc(CNC2CCCCC2)c1N. The van der Waals surface area contributed by atoms with E-state index in [1.807, 2.05) is 18.2 Å². The molecule has 0 aliphatic heterocycles. The van der Waals surface area contributed by atoms with Gasteiger partial charge in [0.1, 0.15) is 0 Å². The average Bonchev–Trinajstić information content (AvgIpc) is 2.32. The minimum Gasteiger partial charge on any atom is -0.397 e. The number of anilines is 2. The van der Waals surface area contributed by atoms with E-state index in [4.69, 9.17) is 11.5 Å². The van der Waals surface area contributed by atoms with Gasteiger partial charge in [0.25, 0.3) is 0 Å². The number of nitrogens with two attached hydrogens (primary N) is 2. The Hall–Kier alpha value is -1.22. The molecule has 0 spiro atoms. The van der Waals surface area contributed by atoms with Gasteiger partial charge >= 0.3 is 0 Å². The number of rotatable bonds is 3. The summed E-state index contributed by atoms with van der Waals surface area (Å²) in [4.78, 5) is 0. The van der Waals surface area contributed by atoms with Crippen LogP contribution in [-0.2, 0) is 6.54 Å². The predicted molar refractivity (Wildman–Crippen MR) is 69.0 cm³/mol. The maximum absolute atomic E-state index is 5.93. The molecule has 0 amide bonds. The first-order valence-corrected chi connectivity index (χ1v) is 6.13. The number of benzene rings is 1. The van der Waals surface area contributed by atoms with Gasteiger partial charge < -0.3 is 16.8 Å². The van der Waals surface area contributed by atoms with Crippen LogP contribution >= 0.6 is 0 Å². The zero-order chi connectivity index (χ0) is 11.4. The summed E-state index contributed by atoms with van der Waals surface area (Å²) in [6.07, 6.45) is 6.68. The molecule has 0 unspecified atom stereocenters. The predicted octanol–water partition coefficient (Wildman–Crippen LogP) is 2.27. The van der Waals surface area contributed by atoms with Crippen LogP contribution in [0.1, 0.15) is 37.7 Å². The van der Waals surface area contributed by atoms with Crippen molar-refractivity contribution in [3.8, 4) is 0 Å². The van der Waals surface area contributed by atoms with Crippen LogP contribution in [0.3, 0.4) is 0 Å². The lowest BCUT2D eigenvalue weighted by Gasteiger charge is -2.23. The second-order valence-electron chi connectivity index (χ2n) is 4.64. The topological polar surface area (TPSA) is 64.1 Å². The van der Waals surface area contributed by atoms with Gasteiger partial charge in [-0.15, -0.1) is 0 Å². The molecule has 16 heavy (non-hydrogen) atoms. The zero-order valence-corrected chi connectivity index (χ0v) is 9.71. The Kier molecular flexibility index (Phi) is 3.67. The van der Waals surface area contributed by atoms with Crippen molar-refractivity contribution < 1.29 is 0 Å². The fourth-order valence-electron chi connectivity index (χ4n) is 2.35. The molecule has 0 radical (unpaired) electrons. The summed E-state index contributed by atoms with van der Waals surface area (Å²) in [6, 6.07) is 6.51. The molecular weight excluding hydrogens is 198 g/mol. The Labute approximate surface area is 97.2 Å². The number of nitrogens with one attached hydrogen (secondary N) is 1. The lowest BCUT2D eigenvalue weighted by molar-refractivity contribution is 0.372. The van der Waals surface area contributed by atoms with Crippen LogP contribution in [0.15, 0.2) is 18.2 Å². The molecule has 88 valence electrons. The molecular formula is C13H21N3. The second kappa shape index (κ2) is 5.21. The number of para-hydroxylation sites is 1. The van der Waals surface area contributed by atoms with Gasteiger partial charge in [-0.25, -0.2) is 0 Å². The largest absolute Gasteiger partial charge is 0.397 e. The van der Waals surface area contributed by atoms with E-state index in [2.05, 4.69) is 5.32 Å². The van der Waals surface area contributed by atoms with E-state index in [1.54, 1.807) is 0 Å². The van der Waals surface area contributed by atoms with E-state index in [0.29, 0.717) is 11.7 Å². The Bertz CT molecular complexity index is 343. The summed E-state index contributed by atoms with van der Waals surface area (Å²) >= 11 is 0. The Morgan fingerprint density at radius 3 is 2.62 bits per heavy atom. The van der Waals surface area contributed by atoms with Gasteiger partial charge in [0, 0.05) is 12.6 Å². The summed E-state index contributed by atoms with van der Waals surface area (Å²) in [7, 11) is 0. The average molecular weight is 219 g/mol. The normalized spacial score (nSPS) is 17.5. The fraction of sp³-hybridized carbons (Fsp3) is 0.538. The van der Waals surface area contributed by atoms with Gasteiger partial charge in [-0.3, -0.25) is 0 Å². The quantitative estimate of drug-likeness (QED) is 0.683. The van der Waals surface area contributed by atoms with Crippen LogP contribution in [0, 0.1) is 0 Å². The van der Waals surface area contributed by atoms with Gasteiger partial charge in [0.15, 0.2) is 0 Å². The molecule has 0 saturated heterocycles. The summed E-state index contributed by atoms with van der Waals surface area (Å²) in [5.41, 5.74) is 14.2. The first-order chi connectivity index (χ1) is 7.77. The highest BCUT2D eigenvalue weighted by molar-refractivity contribution is 5.67. The molecule has 1 aliphatic carbocycles. The zero-order valence-electron chi connectivity index (χ0n) is 9.71. The Balaban J connectivity index is 1.91. The molecule has 1 aliphatic rings. The second-order valence-corrected chi connectivity index (χ2v) is 4.64. The third-order valence-electron chi connectivity index (χ3n) is 3.42. The van der Waals surface area contributed by atoms with Crippen molar-refractivity contribution >= 4 is 11.4 Å². The highest BCUT2D eigenvalue weighted by atomic mass is 14.9. The van der Waals surface area contributed by atoms with Crippen LogP contribution in [0.4, 0.5) is 11.4 Å². The van der Waals surface area contributed by atoms with E-state index >= 15 is 0 Å². The summed E-state index contributed by atoms with van der Waals surface area (Å²) in [5, 5.41) is 3.57. The van der Waals surface area contributed by atoms with Crippen molar-refractivity contribution in [3.05, 3.63) is 23.8 Å². The van der Waals surface area contributed by atoms with Crippen molar-refractivity contribution in [2.45, 2.75) is 44.7 Å². The highest BCUT2D eigenvalue weighted by Gasteiger charge is 2.13. The molecule has 1 aromatic rings. The standard InChI is InChI=1S/C13H21N3/c14-12-8-4-5-10(13(12)15)9-16-11-6-2-1-3-7-11/h4-5,8,11,16H,1-3,6-7,9,14-15H2. The molecule has 0 aromatic heterocycles. The molecule has 0 atom stereocenters. The fourth-order valence-corrected chi connectivity index (χ4v) is 2.35. The van der Waals surface area contributed by atoms with Crippen LogP contribution in [0.2, 0.25) is 0 Å². The summed E-state index contributed by atoms with van der Waals surface area (Å²) in [6.45, 7) is 0.835. The first-order valence-electron chi connectivity index (χ1n) is 6.13. The van der Waals surface area contributed by atoms with E-state index in [0.717, 1.165) is 17.8 Å².